The number of rotatable bonds is 0. The van der Waals surface area contributed by atoms with Gasteiger partial charge < -0.3 is 0 Å². The Hall–Kier alpha value is -1.72. The highest BCUT2D eigenvalue weighted by Crippen LogP contribution is 2.25. The number of para-hydroxylation sites is 1. The lowest BCUT2D eigenvalue weighted by atomic mass is 10.2. The number of hydrogen-bond acceptors (Lipinski definition) is 3. The molecule has 0 spiro atoms. The molecule has 0 aliphatic rings. The fourth-order valence-electron chi connectivity index (χ4n) is 2.31. The molecule has 4 aromatic rings. The van der Waals surface area contributed by atoms with Crippen LogP contribution in [-0.2, 0) is 0 Å². The van der Waals surface area contributed by atoms with E-state index in [1.165, 1.54) is 11.3 Å². The van der Waals surface area contributed by atoms with Crippen molar-refractivity contribution in [2.24, 2.45) is 0 Å². The molecule has 0 N–H and O–H groups in total. The summed E-state index contributed by atoms with van der Waals surface area (Å²) in [5, 5.41) is 0.735. The first-order chi connectivity index (χ1) is 9.24. The molecule has 4 rings (SSSR count). The Morgan fingerprint density at radius 3 is 2.84 bits per heavy atom. The minimum Gasteiger partial charge on any atom is -0.283 e. The van der Waals surface area contributed by atoms with E-state index in [0.29, 0.717) is 0 Å². The molecule has 19 heavy (non-hydrogen) atoms. The summed E-state index contributed by atoms with van der Waals surface area (Å²) in [7, 11) is 0. The van der Waals surface area contributed by atoms with Gasteiger partial charge in [0.05, 0.1) is 21.9 Å². The van der Waals surface area contributed by atoms with Crippen LogP contribution < -0.4 is 4.74 Å². The fourth-order valence-corrected chi connectivity index (χ4v) is 3.54. The summed E-state index contributed by atoms with van der Waals surface area (Å²) < 4.78 is 3.10. The number of imidazole rings is 1. The molecular formula is C14H7BrN2OS. The molecule has 0 fully saturated rings. The van der Waals surface area contributed by atoms with Gasteiger partial charge in [-0.05, 0) is 30.3 Å². The van der Waals surface area contributed by atoms with E-state index < -0.39 is 0 Å². The first kappa shape index (κ1) is 11.1. The van der Waals surface area contributed by atoms with Crippen molar-refractivity contribution in [1.82, 2.24) is 9.38 Å². The number of halogens is 1. The molecule has 0 aliphatic heterocycles. The first-order valence-corrected chi connectivity index (χ1v) is 7.34. The number of fused-ring (bicyclic) bond motifs is 5. The predicted molar refractivity (Wildman–Crippen MR) is 82.1 cm³/mol. The quantitative estimate of drug-likeness (QED) is 0.491. The van der Waals surface area contributed by atoms with Gasteiger partial charge in [-0.3, -0.25) is 9.20 Å². The number of hydrogen-bond donors (Lipinski definition) is 0. The largest absolute Gasteiger partial charge is 0.283 e. The Bertz CT molecular complexity index is 1000. The van der Waals surface area contributed by atoms with Crippen molar-refractivity contribution in [2.75, 3.05) is 0 Å². The zero-order valence-electron chi connectivity index (χ0n) is 9.63. The number of benzene rings is 2. The van der Waals surface area contributed by atoms with Crippen molar-refractivity contribution >= 4 is 54.2 Å². The van der Waals surface area contributed by atoms with Gasteiger partial charge in [0.2, 0.25) is 4.74 Å². The summed E-state index contributed by atoms with van der Waals surface area (Å²) in [6, 6.07) is 13.6. The average molecular weight is 331 g/mol. The second kappa shape index (κ2) is 3.88. The summed E-state index contributed by atoms with van der Waals surface area (Å²) in [4.78, 5) is 17.4. The predicted octanol–water partition coefficient (Wildman–Crippen LogP) is 3.82. The molecule has 0 saturated carbocycles. The Morgan fingerprint density at radius 1 is 1.11 bits per heavy atom. The van der Waals surface area contributed by atoms with Crippen molar-refractivity contribution < 1.29 is 0 Å². The highest BCUT2D eigenvalue weighted by Gasteiger charge is 2.10. The van der Waals surface area contributed by atoms with Gasteiger partial charge in [-0.1, -0.05) is 39.4 Å². The topological polar surface area (TPSA) is 34.4 Å². The van der Waals surface area contributed by atoms with Crippen LogP contribution in [-0.4, -0.2) is 9.38 Å². The van der Waals surface area contributed by atoms with Gasteiger partial charge in [-0.2, -0.15) is 0 Å². The highest BCUT2D eigenvalue weighted by molar-refractivity contribution is 9.10. The first-order valence-electron chi connectivity index (χ1n) is 5.73. The molecule has 0 amide bonds. The summed E-state index contributed by atoms with van der Waals surface area (Å²) in [5.74, 6) is 0. The van der Waals surface area contributed by atoms with Gasteiger partial charge in [-0.15, -0.1) is 0 Å². The molecule has 5 heteroatoms. The van der Waals surface area contributed by atoms with Gasteiger partial charge in [0.25, 0.3) is 0 Å². The number of aromatic nitrogens is 2. The Morgan fingerprint density at radius 2 is 1.95 bits per heavy atom. The van der Waals surface area contributed by atoms with Crippen LogP contribution in [0.3, 0.4) is 0 Å². The molecule has 0 radical (unpaired) electrons. The molecule has 3 nitrogen and oxygen atoms in total. The monoisotopic (exact) mass is 330 g/mol. The van der Waals surface area contributed by atoms with E-state index in [1.807, 2.05) is 46.9 Å². The van der Waals surface area contributed by atoms with Gasteiger partial charge >= 0.3 is 0 Å². The molecule has 2 heterocycles. The molecule has 2 aromatic carbocycles. The zero-order valence-corrected chi connectivity index (χ0v) is 12.0. The summed E-state index contributed by atoms with van der Waals surface area (Å²) in [6.07, 6.45) is 0. The van der Waals surface area contributed by atoms with Gasteiger partial charge in [0.1, 0.15) is 0 Å². The van der Waals surface area contributed by atoms with Gasteiger partial charge in [0.15, 0.2) is 4.96 Å². The molecule has 92 valence electrons. The van der Waals surface area contributed by atoms with Crippen molar-refractivity contribution in [3.8, 4) is 0 Å². The lowest BCUT2D eigenvalue weighted by molar-refractivity contribution is 1.33. The van der Waals surface area contributed by atoms with Crippen LogP contribution in [0.2, 0.25) is 0 Å². The molecule has 0 saturated heterocycles. The molecular weight excluding hydrogens is 324 g/mol. The third-order valence-corrected chi connectivity index (χ3v) is 4.49. The Labute approximate surface area is 120 Å². The summed E-state index contributed by atoms with van der Waals surface area (Å²) in [5.41, 5.74) is 2.81. The van der Waals surface area contributed by atoms with Crippen LogP contribution in [0, 0.1) is 0 Å². The van der Waals surface area contributed by atoms with Crippen molar-refractivity contribution in [1.29, 1.82) is 0 Å². The van der Waals surface area contributed by atoms with E-state index in [2.05, 4.69) is 20.9 Å². The molecule has 0 unspecified atom stereocenters. The standard InChI is InChI=1S/C14H7BrN2OS/c15-8-5-6-10-12(7-8)17-11-4-2-1-3-9(11)13(18)19-14(17)16-10/h1-7H. The van der Waals surface area contributed by atoms with Gasteiger partial charge in [0, 0.05) is 4.47 Å². The lowest BCUT2D eigenvalue weighted by Crippen LogP contribution is -1.99. The minimum atomic E-state index is 0.0532. The molecule has 0 aliphatic carbocycles. The van der Waals surface area contributed by atoms with E-state index >= 15 is 0 Å². The summed E-state index contributed by atoms with van der Waals surface area (Å²) >= 11 is 4.67. The van der Waals surface area contributed by atoms with E-state index in [9.17, 15) is 4.79 Å². The zero-order chi connectivity index (χ0) is 13.0. The van der Waals surface area contributed by atoms with Crippen LogP contribution >= 0.6 is 27.3 Å². The minimum absolute atomic E-state index is 0.0532. The average Bonchev–Trinajstić information content (AvgIpc) is 2.76. The van der Waals surface area contributed by atoms with E-state index in [-0.39, 0.29) is 4.74 Å². The van der Waals surface area contributed by atoms with E-state index in [0.717, 1.165) is 31.4 Å². The summed E-state index contributed by atoms with van der Waals surface area (Å²) in [6.45, 7) is 0. The van der Waals surface area contributed by atoms with E-state index in [1.54, 1.807) is 0 Å². The smallest absolute Gasteiger partial charge is 0.245 e. The van der Waals surface area contributed by atoms with Gasteiger partial charge in [-0.25, -0.2) is 4.98 Å². The third kappa shape index (κ3) is 1.55. The lowest BCUT2D eigenvalue weighted by Gasteiger charge is -2.01. The normalized spacial score (nSPS) is 11.6. The Kier molecular flexibility index (Phi) is 2.28. The van der Waals surface area contributed by atoms with E-state index in [4.69, 9.17) is 0 Å². The third-order valence-electron chi connectivity index (χ3n) is 3.13. The second-order valence-corrected chi connectivity index (χ2v) is 6.13. The molecule has 0 atom stereocenters. The molecule has 2 aromatic heterocycles. The van der Waals surface area contributed by atoms with Crippen molar-refractivity contribution in [3.63, 3.8) is 0 Å². The SMILES string of the molecule is O=c1sc2nc3ccc(Br)cc3n2c2ccccc12. The van der Waals surface area contributed by atoms with Crippen LogP contribution in [0.1, 0.15) is 0 Å². The maximum Gasteiger partial charge on any atom is 0.245 e. The Balaban J connectivity index is 2.40. The second-order valence-electron chi connectivity index (χ2n) is 4.27. The van der Waals surface area contributed by atoms with Crippen molar-refractivity contribution in [3.05, 3.63) is 56.5 Å². The van der Waals surface area contributed by atoms with Crippen LogP contribution in [0.25, 0.3) is 26.9 Å². The van der Waals surface area contributed by atoms with Crippen molar-refractivity contribution in [2.45, 2.75) is 0 Å². The fraction of sp³-hybridized carbons (Fsp3) is 0. The maximum absolute atomic E-state index is 12.1. The van der Waals surface area contributed by atoms with Crippen LogP contribution in [0.4, 0.5) is 0 Å². The highest BCUT2D eigenvalue weighted by atomic mass is 79.9. The number of nitrogens with zero attached hydrogens (tertiary/aromatic N) is 2. The maximum atomic E-state index is 12.1. The van der Waals surface area contributed by atoms with Crippen LogP contribution in [0.5, 0.6) is 0 Å². The van der Waals surface area contributed by atoms with Crippen LogP contribution in [0.15, 0.2) is 51.7 Å². The molecule has 0 bridgehead atoms.